The Morgan fingerprint density at radius 1 is 1.12 bits per heavy atom. The Balaban J connectivity index is 1.63. The fraction of sp³-hybridized carbons (Fsp3) is 0.667. The molecule has 0 N–H and O–H groups in total. The SMILES string of the molecule is CCn1cc(S(=O)(=O)N2C3CCC2CC(n2nccn2)C3)nc1C. The minimum atomic E-state index is -3.55. The van der Waals surface area contributed by atoms with Crippen LogP contribution >= 0.6 is 0 Å². The molecule has 2 aromatic heterocycles. The second kappa shape index (κ2) is 5.66. The highest BCUT2D eigenvalue weighted by molar-refractivity contribution is 7.89. The summed E-state index contributed by atoms with van der Waals surface area (Å²) in [5.41, 5.74) is 0. The molecular formula is C15H22N6O2S. The molecule has 24 heavy (non-hydrogen) atoms. The maximum atomic E-state index is 13.1. The first-order valence-electron chi connectivity index (χ1n) is 8.43. The first-order valence-corrected chi connectivity index (χ1v) is 9.87. The summed E-state index contributed by atoms with van der Waals surface area (Å²) in [5.74, 6) is 0.735. The van der Waals surface area contributed by atoms with Crippen LogP contribution in [0.15, 0.2) is 23.6 Å². The van der Waals surface area contributed by atoms with Crippen LogP contribution < -0.4 is 0 Å². The van der Waals surface area contributed by atoms with E-state index in [1.807, 2.05) is 18.4 Å². The minimum Gasteiger partial charge on any atom is -0.334 e. The van der Waals surface area contributed by atoms with Crippen molar-refractivity contribution in [3.8, 4) is 0 Å². The summed E-state index contributed by atoms with van der Waals surface area (Å²) >= 11 is 0. The third kappa shape index (κ3) is 2.37. The number of sulfonamides is 1. The van der Waals surface area contributed by atoms with Gasteiger partial charge in [-0.1, -0.05) is 0 Å². The molecule has 2 saturated heterocycles. The number of hydrogen-bond donors (Lipinski definition) is 0. The Bertz CT molecular complexity index is 814. The molecule has 0 saturated carbocycles. The van der Waals surface area contributed by atoms with Crippen molar-refractivity contribution in [2.75, 3.05) is 0 Å². The molecule has 2 bridgehead atoms. The van der Waals surface area contributed by atoms with Crippen LogP contribution in [0.1, 0.15) is 44.5 Å². The van der Waals surface area contributed by atoms with Crippen LogP contribution in [0, 0.1) is 6.92 Å². The van der Waals surface area contributed by atoms with Crippen molar-refractivity contribution >= 4 is 10.0 Å². The first-order chi connectivity index (χ1) is 11.5. The molecule has 2 unspecified atom stereocenters. The normalized spacial score (nSPS) is 27.7. The van der Waals surface area contributed by atoms with Crippen LogP contribution in [0.4, 0.5) is 0 Å². The van der Waals surface area contributed by atoms with Gasteiger partial charge in [0.25, 0.3) is 10.0 Å². The van der Waals surface area contributed by atoms with E-state index in [4.69, 9.17) is 0 Å². The maximum absolute atomic E-state index is 13.1. The summed E-state index contributed by atoms with van der Waals surface area (Å²) < 4.78 is 29.8. The lowest BCUT2D eigenvalue weighted by atomic mass is 10.0. The van der Waals surface area contributed by atoms with E-state index in [9.17, 15) is 8.42 Å². The fourth-order valence-electron chi connectivity index (χ4n) is 4.13. The molecule has 8 nitrogen and oxygen atoms in total. The van der Waals surface area contributed by atoms with Gasteiger partial charge < -0.3 is 4.57 Å². The van der Waals surface area contributed by atoms with Gasteiger partial charge in [0.15, 0.2) is 5.03 Å². The second-order valence-corrected chi connectivity index (χ2v) is 8.40. The van der Waals surface area contributed by atoms with E-state index in [1.165, 1.54) is 0 Å². The Hall–Kier alpha value is -1.74. The number of imidazole rings is 1. The van der Waals surface area contributed by atoms with Gasteiger partial charge in [0.2, 0.25) is 0 Å². The largest absolute Gasteiger partial charge is 0.334 e. The lowest BCUT2D eigenvalue weighted by Gasteiger charge is -2.36. The zero-order chi connectivity index (χ0) is 16.9. The van der Waals surface area contributed by atoms with Gasteiger partial charge in [0, 0.05) is 24.8 Å². The standard InChI is InChI=1S/C15H22N6O2S/c1-3-19-10-15(18-11(19)2)24(22,23)20-12-4-5-13(20)9-14(8-12)21-16-6-7-17-21/h6-7,10,12-14H,3-5,8-9H2,1-2H3. The molecular weight excluding hydrogens is 328 g/mol. The van der Waals surface area contributed by atoms with Crippen LogP contribution in [0.5, 0.6) is 0 Å². The first kappa shape index (κ1) is 15.8. The van der Waals surface area contributed by atoms with E-state index in [2.05, 4.69) is 15.2 Å². The lowest BCUT2D eigenvalue weighted by molar-refractivity contribution is 0.174. The van der Waals surface area contributed by atoms with Crippen LogP contribution in [-0.2, 0) is 16.6 Å². The zero-order valence-electron chi connectivity index (χ0n) is 13.9. The summed E-state index contributed by atoms with van der Waals surface area (Å²) in [6.45, 7) is 4.54. The predicted octanol–water partition coefficient (Wildman–Crippen LogP) is 1.36. The predicted molar refractivity (Wildman–Crippen MR) is 86.8 cm³/mol. The summed E-state index contributed by atoms with van der Waals surface area (Å²) in [6, 6.07) is 0.201. The molecule has 4 rings (SSSR count). The Morgan fingerprint density at radius 3 is 2.29 bits per heavy atom. The summed E-state index contributed by atoms with van der Waals surface area (Å²) in [4.78, 5) is 6.02. The minimum absolute atomic E-state index is 0.0110. The Labute approximate surface area is 141 Å². The van der Waals surface area contributed by atoms with Gasteiger partial charge in [-0.2, -0.15) is 19.3 Å². The van der Waals surface area contributed by atoms with Gasteiger partial charge >= 0.3 is 0 Å². The van der Waals surface area contributed by atoms with Crippen molar-refractivity contribution in [3.05, 3.63) is 24.4 Å². The molecule has 2 aliphatic rings. The lowest BCUT2D eigenvalue weighted by Crippen LogP contribution is -2.47. The topological polar surface area (TPSA) is 85.9 Å². The smallest absolute Gasteiger partial charge is 0.262 e. The van der Waals surface area contributed by atoms with E-state index < -0.39 is 10.0 Å². The fourth-order valence-corrected chi connectivity index (χ4v) is 6.02. The van der Waals surface area contributed by atoms with Gasteiger partial charge in [-0.3, -0.25) is 0 Å². The van der Waals surface area contributed by atoms with Gasteiger partial charge in [0.1, 0.15) is 5.82 Å². The monoisotopic (exact) mass is 350 g/mol. The highest BCUT2D eigenvalue weighted by atomic mass is 32.2. The van der Waals surface area contributed by atoms with Gasteiger partial charge in [0.05, 0.1) is 18.4 Å². The van der Waals surface area contributed by atoms with Crippen LogP contribution in [-0.4, -0.2) is 49.4 Å². The van der Waals surface area contributed by atoms with Crippen LogP contribution in [0.25, 0.3) is 0 Å². The molecule has 0 aromatic carbocycles. The van der Waals surface area contributed by atoms with Crippen molar-refractivity contribution < 1.29 is 8.42 Å². The second-order valence-electron chi connectivity index (χ2n) is 6.61. The van der Waals surface area contributed by atoms with Crippen molar-refractivity contribution in [1.82, 2.24) is 28.9 Å². The number of rotatable bonds is 4. The third-order valence-corrected chi connectivity index (χ3v) is 7.12. The van der Waals surface area contributed by atoms with Crippen molar-refractivity contribution in [1.29, 1.82) is 0 Å². The number of piperidine rings is 1. The molecule has 2 aromatic rings. The average molecular weight is 350 g/mol. The molecule has 0 aliphatic carbocycles. The number of hydrogen-bond acceptors (Lipinski definition) is 5. The van der Waals surface area contributed by atoms with Crippen molar-refractivity contribution in [3.63, 3.8) is 0 Å². The molecule has 0 spiro atoms. The van der Waals surface area contributed by atoms with E-state index in [-0.39, 0.29) is 23.2 Å². The van der Waals surface area contributed by atoms with E-state index >= 15 is 0 Å². The molecule has 0 radical (unpaired) electrons. The van der Waals surface area contributed by atoms with E-state index in [0.717, 1.165) is 31.5 Å². The van der Waals surface area contributed by atoms with Crippen LogP contribution in [0.3, 0.4) is 0 Å². The highest BCUT2D eigenvalue weighted by Gasteiger charge is 2.48. The van der Waals surface area contributed by atoms with Gasteiger partial charge in [-0.25, -0.2) is 13.4 Å². The van der Waals surface area contributed by atoms with Gasteiger partial charge in [-0.15, -0.1) is 0 Å². The molecule has 2 atom stereocenters. The summed E-state index contributed by atoms with van der Waals surface area (Å²) in [7, 11) is -3.55. The average Bonchev–Trinajstić information content (AvgIpc) is 3.26. The van der Waals surface area contributed by atoms with Gasteiger partial charge in [-0.05, 0) is 39.5 Å². The molecule has 0 amide bonds. The number of aryl methyl sites for hydroxylation is 2. The third-order valence-electron chi connectivity index (χ3n) is 5.24. The Morgan fingerprint density at radius 2 is 1.75 bits per heavy atom. The molecule has 9 heteroatoms. The Kier molecular flexibility index (Phi) is 3.72. The van der Waals surface area contributed by atoms with E-state index in [0.29, 0.717) is 6.54 Å². The highest BCUT2D eigenvalue weighted by Crippen LogP contribution is 2.43. The number of nitrogens with zero attached hydrogens (tertiary/aromatic N) is 6. The van der Waals surface area contributed by atoms with Crippen molar-refractivity contribution in [2.24, 2.45) is 0 Å². The molecule has 2 aliphatic heterocycles. The van der Waals surface area contributed by atoms with Crippen LogP contribution in [0.2, 0.25) is 0 Å². The number of aromatic nitrogens is 5. The summed E-state index contributed by atoms with van der Waals surface area (Å²) in [5, 5.41) is 8.64. The number of fused-ring (bicyclic) bond motifs is 2. The zero-order valence-corrected chi connectivity index (χ0v) is 14.7. The quantitative estimate of drug-likeness (QED) is 0.831. The molecule has 2 fully saturated rings. The summed E-state index contributed by atoms with van der Waals surface area (Å²) in [6.07, 6.45) is 8.32. The van der Waals surface area contributed by atoms with Crippen molar-refractivity contribution in [2.45, 2.75) is 69.2 Å². The molecule has 4 heterocycles. The van der Waals surface area contributed by atoms with E-state index in [1.54, 1.807) is 27.7 Å². The maximum Gasteiger partial charge on any atom is 0.262 e. The molecule has 130 valence electrons.